The smallest absolute Gasteiger partial charge is 0.274 e. The van der Waals surface area contributed by atoms with Crippen LogP contribution in [0.15, 0.2) is 24.4 Å². The Bertz CT molecular complexity index is 606. The fourth-order valence-electron chi connectivity index (χ4n) is 2.10. The van der Waals surface area contributed by atoms with Gasteiger partial charge < -0.3 is 10.6 Å². The van der Waals surface area contributed by atoms with Gasteiger partial charge >= 0.3 is 0 Å². The van der Waals surface area contributed by atoms with Crippen molar-refractivity contribution in [1.82, 2.24) is 19.7 Å². The minimum atomic E-state index is -0.150. The lowest BCUT2D eigenvalue weighted by molar-refractivity contribution is 0.0773. The molecular weight excluding hydrogens is 254 g/mol. The normalized spacial score (nSPS) is 10.6. The molecule has 2 N–H and O–H groups in total. The Hall–Kier alpha value is -2.37. The molecule has 6 heteroatoms. The van der Waals surface area contributed by atoms with E-state index in [1.165, 1.54) is 0 Å². The summed E-state index contributed by atoms with van der Waals surface area (Å²) in [5, 5.41) is 4.27. The van der Waals surface area contributed by atoms with Crippen molar-refractivity contribution < 1.29 is 4.79 Å². The summed E-state index contributed by atoms with van der Waals surface area (Å²) in [6.45, 7) is 2.40. The largest absolute Gasteiger partial charge is 0.395 e. The highest BCUT2D eigenvalue weighted by atomic mass is 16.2. The maximum Gasteiger partial charge on any atom is 0.274 e. The molecule has 0 aliphatic rings. The average Bonchev–Trinajstić information content (AvgIpc) is 2.73. The molecule has 0 aromatic carbocycles. The van der Waals surface area contributed by atoms with Crippen LogP contribution in [0.3, 0.4) is 0 Å². The first-order valence-electron chi connectivity index (χ1n) is 6.51. The summed E-state index contributed by atoms with van der Waals surface area (Å²) in [6, 6.07) is 5.63. The van der Waals surface area contributed by atoms with Crippen molar-refractivity contribution in [2.45, 2.75) is 19.9 Å². The molecular formula is C14H19N5O. The van der Waals surface area contributed by atoms with E-state index in [4.69, 9.17) is 5.73 Å². The zero-order chi connectivity index (χ0) is 14.7. The molecule has 0 aliphatic carbocycles. The van der Waals surface area contributed by atoms with Crippen molar-refractivity contribution in [2.75, 3.05) is 12.8 Å². The zero-order valence-corrected chi connectivity index (χ0v) is 12.0. The predicted molar refractivity (Wildman–Crippen MR) is 77.0 cm³/mol. The number of anilines is 1. The Morgan fingerprint density at radius 1 is 1.45 bits per heavy atom. The van der Waals surface area contributed by atoms with Crippen LogP contribution in [0.4, 0.5) is 5.69 Å². The number of amides is 1. The summed E-state index contributed by atoms with van der Waals surface area (Å²) in [4.78, 5) is 18.3. The third kappa shape index (κ3) is 2.64. The molecule has 0 saturated heterocycles. The van der Waals surface area contributed by atoms with Gasteiger partial charge in [0.15, 0.2) is 0 Å². The van der Waals surface area contributed by atoms with Crippen LogP contribution >= 0.6 is 0 Å². The van der Waals surface area contributed by atoms with Gasteiger partial charge in [0, 0.05) is 20.3 Å². The quantitative estimate of drug-likeness (QED) is 0.909. The minimum absolute atomic E-state index is 0.150. The van der Waals surface area contributed by atoms with E-state index in [0.29, 0.717) is 24.3 Å². The Balaban J connectivity index is 2.21. The van der Waals surface area contributed by atoms with Crippen LogP contribution < -0.4 is 5.73 Å². The lowest BCUT2D eigenvalue weighted by atomic mass is 10.2. The molecule has 0 radical (unpaired) electrons. The van der Waals surface area contributed by atoms with E-state index in [9.17, 15) is 4.79 Å². The fraction of sp³-hybridized carbons (Fsp3) is 0.357. The summed E-state index contributed by atoms with van der Waals surface area (Å²) >= 11 is 0. The van der Waals surface area contributed by atoms with Gasteiger partial charge in [0.05, 0.1) is 23.6 Å². The number of aryl methyl sites for hydroxylation is 2. The first-order valence-corrected chi connectivity index (χ1v) is 6.51. The lowest BCUT2D eigenvalue weighted by Gasteiger charge is -2.17. The highest BCUT2D eigenvalue weighted by molar-refractivity contribution is 5.97. The van der Waals surface area contributed by atoms with Crippen LogP contribution in [0.2, 0.25) is 0 Å². The molecule has 0 aliphatic heterocycles. The number of nitrogen functional groups attached to an aromatic ring is 1. The van der Waals surface area contributed by atoms with E-state index in [0.717, 1.165) is 11.4 Å². The highest BCUT2D eigenvalue weighted by Crippen LogP contribution is 2.19. The number of hydrogen-bond acceptors (Lipinski definition) is 4. The maximum atomic E-state index is 12.5. The number of carbonyl (C=O) groups excluding carboxylic acids is 1. The molecule has 6 nitrogen and oxygen atoms in total. The Morgan fingerprint density at radius 3 is 2.75 bits per heavy atom. The fourth-order valence-corrected chi connectivity index (χ4v) is 2.10. The van der Waals surface area contributed by atoms with E-state index in [1.807, 2.05) is 25.1 Å². The van der Waals surface area contributed by atoms with Crippen molar-refractivity contribution in [3.05, 3.63) is 41.5 Å². The SMILES string of the molecule is CCc1nn(C)c(C(=O)N(C)Cc2ccccn2)c1N. The summed E-state index contributed by atoms with van der Waals surface area (Å²) in [7, 11) is 3.46. The predicted octanol–water partition coefficient (Wildman–Crippen LogP) is 1.23. The topological polar surface area (TPSA) is 77.0 Å². The Morgan fingerprint density at radius 2 is 2.20 bits per heavy atom. The van der Waals surface area contributed by atoms with Crippen LogP contribution in [0.5, 0.6) is 0 Å². The van der Waals surface area contributed by atoms with Crippen molar-refractivity contribution in [3.8, 4) is 0 Å². The number of rotatable bonds is 4. The van der Waals surface area contributed by atoms with Gasteiger partial charge in [0.2, 0.25) is 0 Å². The monoisotopic (exact) mass is 273 g/mol. The second-order valence-corrected chi connectivity index (χ2v) is 4.67. The van der Waals surface area contributed by atoms with E-state index < -0.39 is 0 Å². The molecule has 2 aromatic heterocycles. The van der Waals surface area contributed by atoms with Gasteiger partial charge in [-0.3, -0.25) is 14.5 Å². The molecule has 2 rings (SSSR count). The summed E-state index contributed by atoms with van der Waals surface area (Å²) in [5.41, 5.74) is 8.48. The number of nitrogens with zero attached hydrogens (tertiary/aromatic N) is 4. The Labute approximate surface area is 118 Å². The molecule has 0 fully saturated rings. The van der Waals surface area contributed by atoms with Crippen molar-refractivity contribution >= 4 is 11.6 Å². The van der Waals surface area contributed by atoms with Gasteiger partial charge in [-0.05, 0) is 18.6 Å². The summed E-state index contributed by atoms with van der Waals surface area (Å²) in [6.07, 6.45) is 2.41. The second-order valence-electron chi connectivity index (χ2n) is 4.67. The molecule has 2 heterocycles. The number of carbonyl (C=O) groups is 1. The van der Waals surface area contributed by atoms with Crippen LogP contribution in [-0.4, -0.2) is 32.6 Å². The third-order valence-electron chi connectivity index (χ3n) is 3.17. The van der Waals surface area contributed by atoms with Gasteiger partial charge in [-0.1, -0.05) is 13.0 Å². The highest BCUT2D eigenvalue weighted by Gasteiger charge is 2.22. The molecule has 0 saturated carbocycles. The molecule has 1 amide bonds. The second kappa shape index (κ2) is 5.73. The van der Waals surface area contributed by atoms with Crippen LogP contribution in [0.25, 0.3) is 0 Å². The average molecular weight is 273 g/mol. The molecule has 0 spiro atoms. The van der Waals surface area contributed by atoms with Crippen molar-refractivity contribution in [1.29, 1.82) is 0 Å². The first kappa shape index (κ1) is 14.0. The van der Waals surface area contributed by atoms with Crippen LogP contribution in [0.1, 0.15) is 28.8 Å². The Kier molecular flexibility index (Phi) is 4.02. The van der Waals surface area contributed by atoms with Gasteiger partial charge in [-0.2, -0.15) is 5.10 Å². The van der Waals surface area contributed by atoms with Crippen LogP contribution in [-0.2, 0) is 20.0 Å². The minimum Gasteiger partial charge on any atom is -0.395 e. The summed E-state index contributed by atoms with van der Waals surface area (Å²) in [5.74, 6) is -0.150. The van der Waals surface area contributed by atoms with E-state index in [2.05, 4.69) is 10.1 Å². The first-order chi connectivity index (χ1) is 9.54. The van der Waals surface area contributed by atoms with Crippen LogP contribution in [0, 0.1) is 0 Å². The molecule has 0 bridgehead atoms. The van der Waals surface area contributed by atoms with Crippen molar-refractivity contribution in [2.24, 2.45) is 7.05 Å². The van der Waals surface area contributed by atoms with Gasteiger partial charge in [0.1, 0.15) is 5.69 Å². The maximum absolute atomic E-state index is 12.5. The number of aromatic nitrogens is 3. The number of nitrogens with two attached hydrogens (primary N) is 1. The summed E-state index contributed by atoms with van der Waals surface area (Å²) < 4.78 is 1.55. The number of pyridine rings is 1. The number of hydrogen-bond donors (Lipinski definition) is 1. The zero-order valence-electron chi connectivity index (χ0n) is 12.0. The van der Waals surface area contributed by atoms with E-state index in [-0.39, 0.29) is 5.91 Å². The van der Waals surface area contributed by atoms with Gasteiger partial charge in [-0.25, -0.2) is 0 Å². The van der Waals surface area contributed by atoms with Gasteiger partial charge in [0.25, 0.3) is 5.91 Å². The molecule has 106 valence electrons. The van der Waals surface area contributed by atoms with Crippen molar-refractivity contribution in [3.63, 3.8) is 0 Å². The standard InChI is InChI=1S/C14H19N5O/c1-4-11-12(15)13(19(3)17-11)14(20)18(2)9-10-7-5-6-8-16-10/h5-8H,4,9,15H2,1-3H3. The third-order valence-corrected chi connectivity index (χ3v) is 3.17. The van der Waals surface area contributed by atoms with Gasteiger partial charge in [-0.15, -0.1) is 0 Å². The van der Waals surface area contributed by atoms with E-state index >= 15 is 0 Å². The molecule has 2 aromatic rings. The molecule has 20 heavy (non-hydrogen) atoms. The van der Waals surface area contributed by atoms with E-state index in [1.54, 1.807) is 29.9 Å². The lowest BCUT2D eigenvalue weighted by Crippen LogP contribution is -2.29. The molecule has 0 unspecified atom stereocenters. The molecule has 0 atom stereocenters.